The van der Waals surface area contributed by atoms with Crippen molar-refractivity contribution in [2.45, 2.75) is 38.4 Å². The van der Waals surface area contributed by atoms with Crippen LogP contribution in [0.4, 0.5) is 13.2 Å². The Labute approximate surface area is 105 Å². The van der Waals surface area contributed by atoms with Gasteiger partial charge in [-0.3, -0.25) is 4.79 Å². The van der Waals surface area contributed by atoms with Crippen LogP contribution in [-0.4, -0.2) is 31.2 Å². The van der Waals surface area contributed by atoms with E-state index in [1.165, 1.54) is 0 Å². The lowest BCUT2D eigenvalue weighted by atomic mass is 9.84. The highest BCUT2D eigenvalue weighted by Crippen LogP contribution is 2.43. The second-order valence-corrected chi connectivity index (χ2v) is 4.49. The lowest BCUT2D eigenvalue weighted by Crippen LogP contribution is -2.54. The van der Waals surface area contributed by atoms with Gasteiger partial charge in [0.25, 0.3) is 0 Å². The third kappa shape index (κ3) is 2.78. The fourth-order valence-electron chi connectivity index (χ4n) is 2.02. The lowest BCUT2D eigenvalue weighted by Gasteiger charge is -2.31. The Morgan fingerprint density at radius 3 is 2.67 bits per heavy atom. The molecule has 0 saturated carbocycles. The van der Waals surface area contributed by atoms with E-state index in [1.807, 2.05) is 0 Å². The third-order valence-electron chi connectivity index (χ3n) is 3.32. The Hall–Kier alpha value is -1.22. The number of hydrogen-bond donors (Lipinski definition) is 2. The van der Waals surface area contributed by atoms with Gasteiger partial charge in [-0.25, -0.2) is 0 Å². The molecule has 2 atom stereocenters. The summed E-state index contributed by atoms with van der Waals surface area (Å²) in [7, 11) is 0. The molecule has 2 unspecified atom stereocenters. The maximum atomic E-state index is 13.1. The van der Waals surface area contributed by atoms with Crippen molar-refractivity contribution in [3.05, 3.63) is 0 Å². The summed E-state index contributed by atoms with van der Waals surface area (Å²) >= 11 is 0. The molecule has 0 radical (unpaired) electrons. The molecule has 0 aliphatic carbocycles. The Kier molecular flexibility index (Phi) is 4.63. The van der Waals surface area contributed by atoms with Gasteiger partial charge in [-0.2, -0.15) is 13.2 Å². The molecular weight excluding hydrogens is 245 g/mol. The van der Waals surface area contributed by atoms with Crippen molar-refractivity contribution in [2.24, 2.45) is 5.41 Å². The topological polar surface area (TPSA) is 41.1 Å². The average Bonchev–Trinajstić information content (AvgIpc) is 2.77. The Bertz CT molecular complexity index is 340. The van der Waals surface area contributed by atoms with E-state index in [4.69, 9.17) is 6.42 Å². The largest absolute Gasteiger partial charge is 0.404 e. The van der Waals surface area contributed by atoms with E-state index in [-0.39, 0.29) is 25.9 Å². The molecule has 1 rings (SSSR count). The van der Waals surface area contributed by atoms with Crippen LogP contribution in [-0.2, 0) is 4.79 Å². The molecule has 102 valence electrons. The Morgan fingerprint density at radius 2 is 2.28 bits per heavy atom. The van der Waals surface area contributed by atoms with Crippen molar-refractivity contribution >= 4 is 5.91 Å². The van der Waals surface area contributed by atoms with Crippen LogP contribution in [0.15, 0.2) is 0 Å². The molecule has 3 nitrogen and oxygen atoms in total. The van der Waals surface area contributed by atoms with Gasteiger partial charge in [-0.05, 0) is 19.4 Å². The number of rotatable bonds is 4. The summed E-state index contributed by atoms with van der Waals surface area (Å²) in [6.45, 7) is 1.60. The molecule has 1 aliphatic rings. The first kappa shape index (κ1) is 14.8. The highest BCUT2D eigenvalue weighted by molar-refractivity contribution is 5.84. The third-order valence-corrected chi connectivity index (χ3v) is 3.32. The number of nitrogens with one attached hydrogen (secondary N) is 2. The summed E-state index contributed by atoms with van der Waals surface area (Å²) in [5.41, 5.74) is -2.31. The van der Waals surface area contributed by atoms with E-state index in [9.17, 15) is 18.0 Å². The van der Waals surface area contributed by atoms with E-state index < -0.39 is 23.5 Å². The highest BCUT2D eigenvalue weighted by Gasteiger charge is 2.61. The number of terminal acetylenes is 1. The number of carbonyl (C=O) groups is 1. The van der Waals surface area contributed by atoms with E-state index >= 15 is 0 Å². The van der Waals surface area contributed by atoms with Gasteiger partial charge >= 0.3 is 6.18 Å². The zero-order chi connectivity index (χ0) is 13.8. The predicted molar refractivity (Wildman–Crippen MR) is 61.6 cm³/mol. The van der Waals surface area contributed by atoms with E-state index in [0.29, 0.717) is 6.42 Å². The zero-order valence-electron chi connectivity index (χ0n) is 10.2. The van der Waals surface area contributed by atoms with Crippen molar-refractivity contribution < 1.29 is 18.0 Å². The number of halogens is 3. The summed E-state index contributed by atoms with van der Waals surface area (Å²) in [4.78, 5) is 11.9. The maximum Gasteiger partial charge on any atom is 0.404 e. The van der Waals surface area contributed by atoms with Crippen LogP contribution in [0.2, 0.25) is 0 Å². The van der Waals surface area contributed by atoms with Crippen molar-refractivity contribution in [1.29, 1.82) is 0 Å². The summed E-state index contributed by atoms with van der Waals surface area (Å²) in [6, 6.07) is -0.401. The van der Waals surface area contributed by atoms with Gasteiger partial charge < -0.3 is 10.6 Å². The van der Waals surface area contributed by atoms with Crippen LogP contribution in [0.3, 0.4) is 0 Å². The Morgan fingerprint density at radius 1 is 1.61 bits per heavy atom. The molecule has 0 aromatic rings. The van der Waals surface area contributed by atoms with Crippen molar-refractivity contribution in [1.82, 2.24) is 10.6 Å². The first-order valence-electron chi connectivity index (χ1n) is 5.89. The minimum absolute atomic E-state index is 0.193. The van der Waals surface area contributed by atoms with E-state index in [2.05, 4.69) is 16.6 Å². The van der Waals surface area contributed by atoms with Gasteiger partial charge in [-0.15, -0.1) is 12.3 Å². The number of hydrogen-bond acceptors (Lipinski definition) is 2. The second kappa shape index (κ2) is 5.61. The number of carbonyl (C=O) groups excluding carboxylic acids is 1. The summed E-state index contributed by atoms with van der Waals surface area (Å²) in [6.07, 6.45) is 1.09. The van der Waals surface area contributed by atoms with E-state index in [1.54, 1.807) is 6.92 Å². The van der Waals surface area contributed by atoms with Crippen LogP contribution < -0.4 is 10.6 Å². The predicted octanol–water partition coefficient (Wildman–Crippen LogP) is 1.45. The molecule has 0 aromatic heterocycles. The Balaban J connectivity index is 2.82. The van der Waals surface area contributed by atoms with Crippen LogP contribution in [0.25, 0.3) is 0 Å². The van der Waals surface area contributed by atoms with Gasteiger partial charge in [0.2, 0.25) is 5.91 Å². The molecule has 2 N–H and O–H groups in total. The molecule has 18 heavy (non-hydrogen) atoms. The normalized spacial score (nSPS) is 25.5. The first-order valence-corrected chi connectivity index (χ1v) is 5.89. The fraction of sp³-hybridized carbons (Fsp3) is 0.750. The standard InChI is InChI=1S/C12H17F3N2O/c1-3-5-9(4-2)17-10(18)11(12(13,14)15)6-7-16-8-11/h1,9,16H,4-8H2,2H3,(H,17,18). The SMILES string of the molecule is C#CCC(CC)NC(=O)C1(C(F)(F)F)CCNC1. The molecule has 1 fully saturated rings. The highest BCUT2D eigenvalue weighted by atomic mass is 19.4. The zero-order valence-corrected chi connectivity index (χ0v) is 10.2. The molecule has 1 amide bonds. The molecular formula is C12H17F3N2O. The summed E-state index contributed by atoms with van der Waals surface area (Å²) in [5, 5.41) is 5.02. The van der Waals surface area contributed by atoms with Gasteiger partial charge in [-0.1, -0.05) is 6.92 Å². The van der Waals surface area contributed by atoms with Crippen molar-refractivity contribution in [3.63, 3.8) is 0 Å². The molecule has 1 aliphatic heterocycles. The number of amides is 1. The molecule has 1 heterocycles. The minimum atomic E-state index is -4.55. The lowest BCUT2D eigenvalue weighted by molar-refractivity contribution is -0.216. The van der Waals surface area contributed by atoms with Gasteiger partial charge in [0.1, 0.15) is 0 Å². The van der Waals surface area contributed by atoms with Crippen molar-refractivity contribution in [2.75, 3.05) is 13.1 Å². The molecule has 0 bridgehead atoms. The second-order valence-electron chi connectivity index (χ2n) is 4.49. The smallest absolute Gasteiger partial charge is 0.352 e. The quantitative estimate of drug-likeness (QED) is 0.753. The molecule has 0 aromatic carbocycles. The van der Waals surface area contributed by atoms with E-state index in [0.717, 1.165) is 0 Å². The van der Waals surface area contributed by atoms with Crippen LogP contribution in [0, 0.1) is 17.8 Å². The summed E-state index contributed by atoms with van der Waals surface area (Å²) in [5.74, 6) is 1.38. The van der Waals surface area contributed by atoms with Gasteiger partial charge in [0.15, 0.2) is 5.41 Å². The fourth-order valence-corrected chi connectivity index (χ4v) is 2.02. The van der Waals surface area contributed by atoms with Crippen molar-refractivity contribution in [3.8, 4) is 12.3 Å². The summed E-state index contributed by atoms with van der Waals surface area (Å²) < 4.78 is 39.2. The molecule has 0 spiro atoms. The number of alkyl halides is 3. The van der Waals surface area contributed by atoms with Gasteiger partial charge in [0.05, 0.1) is 0 Å². The van der Waals surface area contributed by atoms with Crippen LogP contribution >= 0.6 is 0 Å². The molecule has 6 heteroatoms. The maximum absolute atomic E-state index is 13.1. The minimum Gasteiger partial charge on any atom is -0.352 e. The van der Waals surface area contributed by atoms with Crippen LogP contribution in [0.5, 0.6) is 0 Å². The monoisotopic (exact) mass is 262 g/mol. The van der Waals surface area contributed by atoms with Gasteiger partial charge in [0, 0.05) is 19.0 Å². The van der Waals surface area contributed by atoms with Crippen LogP contribution in [0.1, 0.15) is 26.2 Å². The first-order chi connectivity index (χ1) is 8.37. The average molecular weight is 262 g/mol. The molecule has 1 saturated heterocycles.